The minimum Gasteiger partial charge on any atom is -0.381 e. The standard InChI is InChI=1S/C13H18INO/c14-12-5-3-10(4-6-12)8-13(15)11-2-1-7-16-9-11/h3-6,11,13H,1-2,7-9,15H2. The van der Waals surface area contributed by atoms with Gasteiger partial charge in [0.05, 0.1) is 6.61 Å². The molecular weight excluding hydrogens is 313 g/mol. The van der Waals surface area contributed by atoms with Crippen LogP contribution < -0.4 is 5.73 Å². The van der Waals surface area contributed by atoms with Crippen LogP contribution in [-0.2, 0) is 11.2 Å². The van der Waals surface area contributed by atoms with Crippen LogP contribution in [0, 0.1) is 9.49 Å². The molecule has 1 saturated heterocycles. The van der Waals surface area contributed by atoms with Crippen molar-refractivity contribution in [3.63, 3.8) is 0 Å². The van der Waals surface area contributed by atoms with Gasteiger partial charge in [-0.25, -0.2) is 0 Å². The predicted octanol–water partition coefficient (Wildman–Crippen LogP) is 2.59. The fourth-order valence-electron chi connectivity index (χ4n) is 2.16. The highest BCUT2D eigenvalue weighted by molar-refractivity contribution is 14.1. The highest BCUT2D eigenvalue weighted by Gasteiger charge is 2.21. The van der Waals surface area contributed by atoms with Crippen LogP contribution >= 0.6 is 22.6 Å². The van der Waals surface area contributed by atoms with E-state index in [1.165, 1.54) is 15.6 Å². The van der Waals surface area contributed by atoms with Gasteiger partial charge in [0, 0.05) is 16.2 Å². The minimum absolute atomic E-state index is 0.236. The van der Waals surface area contributed by atoms with Gasteiger partial charge in [0.2, 0.25) is 0 Å². The van der Waals surface area contributed by atoms with Crippen LogP contribution in [0.4, 0.5) is 0 Å². The van der Waals surface area contributed by atoms with Gasteiger partial charge in [0.15, 0.2) is 0 Å². The Morgan fingerprint density at radius 2 is 2.12 bits per heavy atom. The molecule has 88 valence electrons. The van der Waals surface area contributed by atoms with Crippen LogP contribution in [0.25, 0.3) is 0 Å². The number of halogens is 1. The van der Waals surface area contributed by atoms with Crippen molar-refractivity contribution in [2.45, 2.75) is 25.3 Å². The van der Waals surface area contributed by atoms with Crippen LogP contribution in [0.3, 0.4) is 0 Å². The van der Waals surface area contributed by atoms with Gasteiger partial charge in [-0.15, -0.1) is 0 Å². The summed E-state index contributed by atoms with van der Waals surface area (Å²) >= 11 is 2.32. The second kappa shape index (κ2) is 5.98. The molecule has 2 rings (SSSR count). The Morgan fingerprint density at radius 3 is 2.75 bits per heavy atom. The number of benzene rings is 1. The SMILES string of the molecule is NC(Cc1ccc(I)cc1)C1CCCOC1. The third-order valence-corrected chi connectivity index (χ3v) is 3.90. The van der Waals surface area contributed by atoms with Crippen molar-refractivity contribution in [3.05, 3.63) is 33.4 Å². The van der Waals surface area contributed by atoms with Crippen molar-refractivity contribution < 1.29 is 4.74 Å². The summed E-state index contributed by atoms with van der Waals surface area (Å²) in [5.74, 6) is 0.535. The Bertz CT molecular complexity index is 319. The van der Waals surface area contributed by atoms with Crippen molar-refractivity contribution in [1.82, 2.24) is 0 Å². The molecule has 1 fully saturated rings. The molecule has 16 heavy (non-hydrogen) atoms. The summed E-state index contributed by atoms with van der Waals surface area (Å²) in [6.07, 6.45) is 3.33. The number of nitrogens with two attached hydrogens (primary N) is 1. The zero-order valence-electron chi connectivity index (χ0n) is 9.36. The molecule has 0 radical (unpaired) electrons. The number of hydrogen-bond donors (Lipinski definition) is 1. The Labute approximate surface area is 111 Å². The molecule has 2 unspecified atom stereocenters. The first-order valence-corrected chi connectivity index (χ1v) is 6.91. The summed E-state index contributed by atoms with van der Waals surface area (Å²) in [6.45, 7) is 1.75. The van der Waals surface area contributed by atoms with E-state index in [0.29, 0.717) is 5.92 Å². The molecule has 1 heterocycles. The van der Waals surface area contributed by atoms with Crippen LogP contribution in [0.5, 0.6) is 0 Å². The first-order chi connectivity index (χ1) is 7.75. The van der Waals surface area contributed by atoms with Crippen LogP contribution in [0.1, 0.15) is 18.4 Å². The summed E-state index contributed by atoms with van der Waals surface area (Å²) in [6, 6.07) is 8.86. The zero-order valence-corrected chi connectivity index (χ0v) is 11.5. The molecular formula is C13H18INO. The van der Waals surface area contributed by atoms with E-state index >= 15 is 0 Å². The quantitative estimate of drug-likeness (QED) is 0.864. The highest BCUT2D eigenvalue weighted by atomic mass is 127. The molecule has 1 aromatic carbocycles. The summed E-state index contributed by atoms with van der Waals surface area (Å²) in [5, 5.41) is 0. The zero-order chi connectivity index (χ0) is 11.4. The largest absolute Gasteiger partial charge is 0.381 e. The van der Waals surface area contributed by atoms with E-state index in [0.717, 1.165) is 26.1 Å². The average molecular weight is 331 g/mol. The highest BCUT2D eigenvalue weighted by Crippen LogP contribution is 2.19. The molecule has 0 bridgehead atoms. The molecule has 0 saturated carbocycles. The number of rotatable bonds is 3. The van der Waals surface area contributed by atoms with Gasteiger partial charge in [-0.2, -0.15) is 0 Å². The first-order valence-electron chi connectivity index (χ1n) is 5.83. The number of ether oxygens (including phenoxy) is 1. The lowest BCUT2D eigenvalue weighted by Gasteiger charge is -2.27. The molecule has 1 aliphatic rings. The first kappa shape index (κ1) is 12.3. The second-order valence-corrected chi connectivity index (χ2v) is 5.72. The summed E-state index contributed by atoms with van der Waals surface area (Å²) < 4.78 is 6.75. The van der Waals surface area contributed by atoms with Crippen molar-refractivity contribution in [1.29, 1.82) is 0 Å². The summed E-state index contributed by atoms with van der Waals surface area (Å²) in [4.78, 5) is 0. The Hall–Kier alpha value is -0.130. The fraction of sp³-hybridized carbons (Fsp3) is 0.538. The van der Waals surface area contributed by atoms with E-state index in [9.17, 15) is 0 Å². The lowest BCUT2D eigenvalue weighted by molar-refractivity contribution is 0.0450. The van der Waals surface area contributed by atoms with Gasteiger partial charge in [0.25, 0.3) is 0 Å². The minimum atomic E-state index is 0.236. The Kier molecular flexibility index (Phi) is 4.61. The molecule has 2 atom stereocenters. The van der Waals surface area contributed by atoms with Gasteiger partial charge < -0.3 is 10.5 Å². The maximum Gasteiger partial charge on any atom is 0.0509 e. The van der Waals surface area contributed by atoms with E-state index in [2.05, 4.69) is 46.9 Å². The van der Waals surface area contributed by atoms with Crippen LogP contribution in [-0.4, -0.2) is 19.3 Å². The molecule has 1 aromatic rings. The van der Waals surface area contributed by atoms with Crippen molar-refractivity contribution in [2.24, 2.45) is 11.7 Å². The van der Waals surface area contributed by atoms with Crippen molar-refractivity contribution in [2.75, 3.05) is 13.2 Å². The van der Waals surface area contributed by atoms with E-state index in [1.807, 2.05) is 0 Å². The van der Waals surface area contributed by atoms with Gasteiger partial charge in [-0.3, -0.25) is 0 Å². The van der Waals surface area contributed by atoms with Crippen LogP contribution in [0.2, 0.25) is 0 Å². The molecule has 2 N–H and O–H groups in total. The van der Waals surface area contributed by atoms with Gasteiger partial charge >= 0.3 is 0 Å². The summed E-state index contributed by atoms with van der Waals surface area (Å²) in [7, 11) is 0. The fourth-order valence-corrected chi connectivity index (χ4v) is 2.52. The topological polar surface area (TPSA) is 35.2 Å². The maximum atomic E-state index is 6.24. The monoisotopic (exact) mass is 331 g/mol. The number of hydrogen-bond acceptors (Lipinski definition) is 2. The Morgan fingerprint density at radius 1 is 1.38 bits per heavy atom. The van der Waals surface area contributed by atoms with Crippen molar-refractivity contribution in [3.8, 4) is 0 Å². The van der Waals surface area contributed by atoms with Crippen LogP contribution in [0.15, 0.2) is 24.3 Å². The lowest BCUT2D eigenvalue weighted by Crippen LogP contribution is -2.37. The van der Waals surface area contributed by atoms with E-state index in [4.69, 9.17) is 10.5 Å². The summed E-state index contributed by atoms with van der Waals surface area (Å²) in [5.41, 5.74) is 7.57. The van der Waals surface area contributed by atoms with Crippen molar-refractivity contribution >= 4 is 22.6 Å². The molecule has 2 nitrogen and oxygen atoms in total. The average Bonchev–Trinajstić information content (AvgIpc) is 2.33. The maximum absolute atomic E-state index is 6.24. The molecule has 1 aliphatic heterocycles. The van der Waals surface area contributed by atoms with E-state index in [1.54, 1.807) is 0 Å². The van der Waals surface area contributed by atoms with Gasteiger partial charge in [0.1, 0.15) is 0 Å². The smallest absolute Gasteiger partial charge is 0.0509 e. The Balaban J connectivity index is 1.90. The molecule has 0 aliphatic carbocycles. The van der Waals surface area contributed by atoms with Gasteiger partial charge in [-0.1, -0.05) is 12.1 Å². The second-order valence-electron chi connectivity index (χ2n) is 4.47. The molecule has 0 aromatic heterocycles. The van der Waals surface area contributed by atoms with E-state index < -0.39 is 0 Å². The molecule has 3 heteroatoms. The third kappa shape index (κ3) is 3.43. The normalized spacial score (nSPS) is 23.0. The molecule has 0 spiro atoms. The predicted molar refractivity (Wildman–Crippen MR) is 74.4 cm³/mol. The van der Waals surface area contributed by atoms with Gasteiger partial charge in [-0.05, 0) is 65.5 Å². The van der Waals surface area contributed by atoms with E-state index in [-0.39, 0.29) is 6.04 Å². The third-order valence-electron chi connectivity index (χ3n) is 3.19. The lowest BCUT2D eigenvalue weighted by atomic mass is 9.90. The molecule has 0 amide bonds.